The number of rotatable bonds is 3. The molecular formula is C22H31N3O3S. The summed E-state index contributed by atoms with van der Waals surface area (Å²) in [5.41, 5.74) is 0. The Morgan fingerprint density at radius 2 is 1.48 bits per heavy atom. The number of hydrogen-bond acceptors (Lipinski definition) is 4. The zero-order valence-electron chi connectivity index (χ0n) is 17.1. The van der Waals surface area contributed by atoms with Gasteiger partial charge in [0.1, 0.15) is 6.04 Å². The molecule has 0 N–H and O–H groups in total. The molecule has 1 unspecified atom stereocenters. The Morgan fingerprint density at radius 3 is 2.17 bits per heavy atom. The lowest BCUT2D eigenvalue weighted by Gasteiger charge is -2.40. The molecule has 6 nitrogen and oxygen atoms in total. The molecule has 3 fully saturated rings. The quantitative estimate of drug-likeness (QED) is 0.760. The molecule has 0 saturated carbocycles. The molecule has 3 amide bonds. The lowest BCUT2D eigenvalue weighted by Crippen LogP contribution is -2.55. The van der Waals surface area contributed by atoms with Crippen LogP contribution in [0, 0.1) is 5.92 Å². The minimum absolute atomic E-state index is 0.0202. The van der Waals surface area contributed by atoms with E-state index in [9.17, 15) is 14.4 Å². The first-order valence-corrected chi connectivity index (χ1v) is 11.9. The van der Waals surface area contributed by atoms with Crippen LogP contribution in [-0.4, -0.2) is 71.2 Å². The lowest BCUT2D eigenvalue weighted by atomic mass is 9.93. The minimum Gasteiger partial charge on any atom is -0.342 e. The Kier molecular flexibility index (Phi) is 6.53. The van der Waals surface area contributed by atoms with Gasteiger partial charge in [0.25, 0.3) is 5.91 Å². The van der Waals surface area contributed by atoms with Gasteiger partial charge in [0.15, 0.2) is 0 Å². The first kappa shape index (κ1) is 20.4. The molecule has 0 radical (unpaired) electrons. The Hall–Kier alpha value is -1.89. The van der Waals surface area contributed by atoms with Crippen molar-refractivity contribution in [3.05, 3.63) is 22.4 Å². The van der Waals surface area contributed by atoms with Crippen LogP contribution in [0.25, 0.3) is 0 Å². The van der Waals surface area contributed by atoms with Crippen molar-refractivity contribution in [2.45, 2.75) is 57.4 Å². The molecule has 3 aliphatic rings. The Morgan fingerprint density at radius 1 is 0.793 bits per heavy atom. The van der Waals surface area contributed by atoms with Crippen LogP contribution in [0.5, 0.6) is 0 Å². The molecule has 4 rings (SSSR count). The van der Waals surface area contributed by atoms with Crippen molar-refractivity contribution in [1.82, 2.24) is 14.7 Å². The summed E-state index contributed by atoms with van der Waals surface area (Å²) in [6, 6.07) is 3.36. The predicted molar refractivity (Wildman–Crippen MR) is 113 cm³/mol. The summed E-state index contributed by atoms with van der Waals surface area (Å²) in [7, 11) is 0. The van der Waals surface area contributed by atoms with Gasteiger partial charge in [0.05, 0.1) is 4.88 Å². The molecule has 1 aromatic rings. The van der Waals surface area contributed by atoms with Crippen molar-refractivity contribution < 1.29 is 14.4 Å². The number of nitrogens with zero attached hydrogens (tertiary/aromatic N) is 3. The molecule has 0 aromatic carbocycles. The number of likely N-dealkylation sites (tertiary alicyclic amines) is 3. The van der Waals surface area contributed by atoms with Gasteiger partial charge in [-0.2, -0.15) is 0 Å². The first-order valence-electron chi connectivity index (χ1n) is 11.1. The third kappa shape index (κ3) is 4.49. The van der Waals surface area contributed by atoms with Crippen molar-refractivity contribution >= 4 is 29.1 Å². The predicted octanol–water partition coefficient (Wildman–Crippen LogP) is 2.99. The van der Waals surface area contributed by atoms with E-state index in [4.69, 9.17) is 0 Å². The van der Waals surface area contributed by atoms with Gasteiger partial charge in [-0.1, -0.05) is 6.07 Å². The second-order valence-electron chi connectivity index (χ2n) is 8.47. The third-order valence-electron chi connectivity index (χ3n) is 6.60. The molecule has 3 saturated heterocycles. The molecule has 29 heavy (non-hydrogen) atoms. The van der Waals surface area contributed by atoms with E-state index < -0.39 is 0 Å². The van der Waals surface area contributed by atoms with Crippen molar-refractivity contribution in [1.29, 1.82) is 0 Å². The summed E-state index contributed by atoms with van der Waals surface area (Å²) in [5, 5.41) is 1.90. The van der Waals surface area contributed by atoms with E-state index >= 15 is 0 Å². The van der Waals surface area contributed by atoms with Gasteiger partial charge in [-0.3, -0.25) is 14.4 Å². The maximum Gasteiger partial charge on any atom is 0.264 e. The maximum atomic E-state index is 13.3. The molecule has 158 valence electrons. The van der Waals surface area contributed by atoms with Crippen LogP contribution < -0.4 is 0 Å². The lowest BCUT2D eigenvalue weighted by molar-refractivity contribution is -0.143. The molecule has 1 aromatic heterocycles. The van der Waals surface area contributed by atoms with Gasteiger partial charge in [-0.25, -0.2) is 0 Å². The minimum atomic E-state index is -0.354. The van der Waals surface area contributed by atoms with Crippen molar-refractivity contribution in [3.8, 4) is 0 Å². The highest BCUT2D eigenvalue weighted by Crippen LogP contribution is 2.26. The molecule has 1 atom stereocenters. The molecule has 0 spiro atoms. The van der Waals surface area contributed by atoms with Crippen LogP contribution in [0.1, 0.15) is 61.0 Å². The van der Waals surface area contributed by atoms with E-state index in [0.717, 1.165) is 58.0 Å². The van der Waals surface area contributed by atoms with Crippen LogP contribution in [0.3, 0.4) is 0 Å². The van der Waals surface area contributed by atoms with Crippen LogP contribution in [-0.2, 0) is 9.59 Å². The normalized spacial score (nSPS) is 23.9. The molecule has 3 aliphatic heterocycles. The van der Waals surface area contributed by atoms with Crippen LogP contribution in [0.2, 0.25) is 0 Å². The highest BCUT2D eigenvalue weighted by Gasteiger charge is 2.38. The first-order chi connectivity index (χ1) is 14.1. The van der Waals surface area contributed by atoms with Gasteiger partial charge in [-0.15, -0.1) is 11.3 Å². The molecule has 0 bridgehead atoms. The summed E-state index contributed by atoms with van der Waals surface area (Å²) >= 11 is 1.43. The SMILES string of the molecule is O=C(C1CCN(C(=O)C2CCCCN2C(=O)c2cccs2)CC1)N1CCCCC1. The monoisotopic (exact) mass is 417 g/mol. The molecule has 7 heteroatoms. The van der Waals surface area contributed by atoms with E-state index in [1.807, 2.05) is 27.3 Å². The van der Waals surface area contributed by atoms with Crippen molar-refractivity contribution in [2.75, 3.05) is 32.7 Å². The highest BCUT2D eigenvalue weighted by atomic mass is 32.1. The Labute approximate surface area is 176 Å². The van der Waals surface area contributed by atoms with E-state index in [1.165, 1.54) is 17.8 Å². The number of carbonyl (C=O) groups is 3. The molecular weight excluding hydrogens is 386 g/mol. The fraction of sp³-hybridized carbons (Fsp3) is 0.682. The number of thiophene rings is 1. The Bertz CT molecular complexity index is 722. The van der Waals surface area contributed by atoms with Gasteiger partial charge in [-0.05, 0) is 62.8 Å². The summed E-state index contributed by atoms with van der Waals surface area (Å²) in [6.45, 7) is 3.68. The second-order valence-corrected chi connectivity index (χ2v) is 9.42. The van der Waals surface area contributed by atoms with Crippen LogP contribution >= 0.6 is 11.3 Å². The van der Waals surface area contributed by atoms with Crippen LogP contribution in [0.4, 0.5) is 0 Å². The number of carbonyl (C=O) groups excluding carboxylic acids is 3. The fourth-order valence-corrected chi connectivity index (χ4v) is 5.58. The van der Waals surface area contributed by atoms with Gasteiger partial charge in [0, 0.05) is 38.6 Å². The average molecular weight is 418 g/mol. The smallest absolute Gasteiger partial charge is 0.264 e. The van der Waals surface area contributed by atoms with Gasteiger partial charge >= 0.3 is 0 Å². The van der Waals surface area contributed by atoms with Crippen molar-refractivity contribution in [3.63, 3.8) is 0 Å². The Balaban J connectivity index is 1.35. The average Bonchev–Trinajstić information content (AvgIpc) is 3.33. The summed E-state index contributed by atoms with van der Waals surface area (Å²) in [4.78, 5) is 45.3. The van der Waals surface area contributed by atoms with Gasteiger partial charge in [0.2, 0.25) is 11.8 Å². The summed E-state index contributed by atoms with van der Waals surface area (Å²) in [6.07, 6.45) is 7.60. The topological polar surface area (TPSA) is 60.9 Å². The number of piperidine rings is 3. The van der Waals surface area contributed by atoms with Crippen molar-refractivity contribution in [2.24, 2.45) is 5.92 Å². The van der Waals surface area contributed by atoms with E-state index in [0.29, 0.717) is 24.5 Å². The number of amides is 3. The number of hydrogen-bond donors (Lipinski definition) is 0. The largest absolute Gasteiger partial charge is 0.342 e. The zero-order valence-corrected chi connectivity index (χ0v) is 17.9. The van der Waals surface area contributed by atoms with E-state index in [1.54, 1.807) is 4.90 Å². The third-order valence-corrected chi connectivity index (χ3v) is 7.46. The van der Waals surface area contributed by atoms with Gasteiger partial charge < -0.3 is 14.7 Å². The summed E-state index contributed by atoms with van der Waals surface area (Å²) < 4.78 is 0. The van der Waals surface area contributed by atoms with E-state index in [2.05, 4.69) is 0 Å². The zero-order chi connectivity index (χ0) is 20.2. The van der Waals surface area contributed by atoms with Crippen LogP contribution in [0.15, 0.2) is 17.5 Å². The highest BCUT2D eigenvalue weighted by molar-refractivity contribution is 7.12. The standard InChI is InChI=1S/C22H31N3O3S/c26-20(23-11-3-1-4-12-23)17-9-14-24(15-10-17)21(27)18-7-2-5-13-25(18)22(28)19-8-6-16-29-19/h6,8,16-18H,1-5,7,9-15H2. The van der Waals surface area contributed by atoms with E-state index in [-0.39, 0.29) is 29.7 Å². The molecule has 4 heterocycles. The second kappa shape index (κ2) is 9.28. The summed E-state index contributed by atoms with van der Waals surface area (Å²) in [5.74, 6) is 0.378. The fourth-order valence-electron chi connectivity index (χ4n) is 4.90. The molecule has 0 aliphatic carbocycles. The maximum absolute atomic E-state index is 13.3.